The van der Waals surface area contributed by atoms with Crippen LogP contribution in [0.25, 0.3) is 0 Å². The fraction of sp³-hybridized carbons (Fsp3) is 0.483. The zero-order valence-corrected chi connectivity index (χ0v) is 22.7. The summed E-state index contributed by atoms with van der Waals surface area (Å²) in [5.41, 5.74) is 1.68. The molecule has 0 bridgehead atoms. The first kappa shape index (κ1) is 27.9. The Balaban J connectivity index is 1.40. The molecular formula is C29H37ClN4O4. The second kappa shape index (κ2) is 13.1. The average molecular weight is 541 g/mol. The Kier molecular flexibility index (Phi) is 9.63. The molecular weight excluding hydrogens is 504 g/mol. The second-order valence-corrected chi connectivity index (χ2v) is 10.6. The van der Waals surface area contributed by atoms with E-state index in [-0.39, 0.29) is 30.9 Å². The zero-order chi connectivity index (χ0) is 27.0. The first-order valence-corrected chi connectivity index (χ1v) is 13.8. The van der Waals surface area contributed by atoms with Crippen molar-refractivity contribution >= 4 is 35.2 Å². The Morgan fingerprint density at radius 1 is 1.05 bits per heavy atom. The van der Waals surface area contributed by atoms with E-state index in [1.165, 1.54) is 5.56 Å². The number of likely N-dealkylation sites (tertiary alicyclic amines) is 1. The molecule has 4 rings (SSSR count). The number of halogens is 1. The summed E-state index contributed by atoms with van der Waals surface area (Å²) < 4.78 is 5.61. The summed E-state index contributed by atoms with van der Waals surface area (Å²) in [5.74, 6) is -0.0174. The predicted octanol–water partition coefficient (Wildman–Crippen LogP) is 4.38. The maximum absolute atomic E-state index is 13.5. The molecule has 2 fully saturated rings. The van der Waals surface area contributed by atoms with E-state index in [1.54, 1.807) is 6.07 Å². The van der Waals surface area contributed by atoms with Gasteiger partial charge in [0, 0.05) is 36.3 Å². The summed E-state index contributed by atoms with van der Waals surface area (Å²) >= 11 is 6.28. The van der Waals surface area contributed by atoms with E-state index in [0.29, 0.717) is 36.6 Å². The number of amides is 3. The number of anilines is 1. The summed E-state index contributed by atoms with van der Waals surface area (Å²) in [6.07, 6.45) is 2.80. The van der Waals surface area contributed by atoms with E-state index in [1.807, 2.05) is 47.4 Å². The highest BCUT2D eigenvalue weighted by Crippen LogP contribution is 2.34. The maximum Gasteiger partial charge on any atom is 0.411 e. The Morgan fingerprint density at radius 3 is 2.39 bits per heavy atom. The van der Waals surface area contributed by atoms with Crippen LogP contribution < -0.4 is 16.0 Å². The van der Waals surface area contributed by atoms with Crippen molar-refractivity contribution < 1.29 is 19.1 Å². The number of benzene rings is 2. The van der Waals surface area contributed by atoms with Gasteiger partial charge in [0.15, 0.2) is 0 Å². The van der Waals surface area contributed by atoms with Gasteiger partial charge in [-0.25, -0.2) is 4.79 Å². The van der Waals surface area contributed by atoms with Crippen LogP contribution in [0, 0.1) is 11.3 Å². The third-order valence-electron chi connectivity index (χ3n) is 7.69. The highest BCUT2D eigenvalue weighted by molar-refractivity contribution is 6.31. The van der Waals surface area contributed by atoms with Gasteiger partial charge < -0.3 is 20.3 Å². The normalized spacial score (nSPS) is 17.5. The van der Waals surface area contributed by atoms with Crippen molar-refractivity contribution in [2.75, 3.05) is 38.1 Å². The molecule has 9 heteroatoms. The standard InChI is InChI=1S/C29H37ClN4O4/c1-2-21-7-9-24(10-8-21)33-28(37)38-20-29(27(36)32-19-23-5-3-4-6-25(23)30)13-17-34(18-14-29)26(35)22-11-15-31-16-12-22/h3-10,22,31H,2,11-20H2,1H3,(H,32,36)(H,33,37). The number of piperidine rings is 2. The van der Waals surface area contributed by atoms with Gasteiger partial charge in [0.1, 0.15) is 6.61 Å². The third kappa shape index (κ3) is 7.05. The summed E-state index contributed by atoms with van der Waals surface area (Å²) in [6, 6.07) is 14.9. The van der Waals surface area contributed by atoms with Crippen LogP contribution in [-0.4, -0.2) is 55.6 Å². The molecule has 0 aromatic heterocycles. The summed E-state index contributed by atoms with van der Waals surface area (Å²) in [6.45, 7) is 4.87. The molecule has 3 N–H and O–H groups in total. The Hall–Kier alpha value is -3.10. The van der Waals surface area contributed by atoms with Gasteiger partial charge in [-0.2, -0.15) is 0 Å². The Bertz CT molecular complexity index is 1110. The van der Waals surface area contributed by atoms with Crippen LogP contribution in [0.2, 0.25) is 5.02 Å². The molecule has 2 saturated heterocycles. The van der Waals surface area contributed by atoms with E-state index < -0.39 is 11.5 Å². The second-order valence-electron chi connectivity index (χ2n) is 10.2. The van der Waals surface area contributed by atoms with Gasteiger partial charge in [-0.1, -0.05) is 48.9 Å². The zero-order valence-electron chi connectivity index (χ0n) is 21.9. The van der Waals surface area contributed by atoms with Crippen LogP contribution in [0.3, 0.4) is 0 Å². The van der Waals surface area contributed by atoms with Gasteiger partial charge in [-0.3, -0.25) is 14.9 Å². The van der Waals surface area contributed by atoms with Gasteiger partial charge in [-0.05, 0) is 74.5 Å². The number of hydrogen-bond acceptors (Lipinski definition) is 5. The minimum atomic E-state index is -0.935. The number of nitrogens with zero attached hydrogens (tertiary/aromatic N) is 1. The Morgan fingerprint density at radius 2 is 1.74 bits per heavy atom. The largest absolute Gasteiger partial charge is 0.448 e. The monoisotopic (exact) mass is 540 g/mol. The lowest BCUT2D eigenvalue weighted by atomic mass is 9.77. The Labute approximate surface area is 229 Å². The van der Waals surface area contributed by atoms with Gasteiger partial charge in [0.05, 0.1) is 5.41 Å². The molecule has 8 nitrogen and oxygen atoms in total. The van der Waals surface area contributed by atoms with Crippen molar-refractivity contribution in [1.29, 1.82) is 0 Å². The molecule has 0 radical (unpaired) electrons. The van der Waals surface area contributed by atoms with Crippen molar-refractivity contribution in [2.45, 2.75) is 45.6 Å². The van der Waals surface area contributed by atoms with Crippen molar-refractivity contribution in [3.05, 3.63) is 64.7 Å². The summed E-state index contributed by atoms with van der Waals surface area (Å²) in [5, 5.41) is 9.61. The van der Waals surface area contributed by atoms with E-state index >= 15 is 0 Å². The molecule has 2 aromatic carbocycles. The molecule has 204 valence electrons. The van der Waals surface area contributed by atoms with Gasteiger partial charge in [-0.15, -0.1) is 0 Å². The number of rotatable bonds is 8. The number of carbonyl (C=O) groups excluding carboxylic acids is 3. The van der Waals surface area contributed by atoms with Crippen molar-refractivity contribution in [2.24, 2.45) is 11.3 Å². The van der Waals surface area contributed by atoms with E-state index in [4.69, 9.17) is 16.3 Å². The van der Waals surface area contributed by atoms with Crippen LogP contribution in [0.1, 0.15) is 43.7 Å². The van der Waals surface area contributed by atoms with E-state index in [2.05, 4.69) is 22.9 Å². The average Bonchev–Trinajstić information content (AvgIpc) is 2.96. The molecule has 0 aliphatic carbocycles. The molecule has 0 saturated carbocycles. The smallest absolute Gasteiger partial charge is 0.411 e. The number of ether oxygens (including phenoxy) is 1. The molecule has 2 aromatic rings. The SMILES string of the molecule is CCc1ccc(NC(=O)OCC2(C(=O)NCc3ccccc3Cl)CCN(C(=O)C3CCNCC3)CC2)cc1. The predicted molar refractivity (Wildman–Crippen MR) is 148 cm³/mol. The minimum absolute atomic E-state index is 0.0268. The first-order valence-electron chi connectivity index (χ1n) is 13.4. The van der Waals surface area contributed by atoms with Gasteiger partial charge in [0.25, 0.3) is 0 Å². The highest BCUT2D eigenvalue weighted by Gasteiger charge is 2.44. The lowest BCUT2D eigenvalue weighted by Crippen LogP contribution is -2.53. The molecule has 2 aliphatic rings. The van der Waals surface area contributed by atoms with Gasteiger partial charge in [0.2, 0.25) is 11.8 Å². The lowest BCUT2D eigenvalue weighted by Gasteiger charge is -2.41. The molecule has 3 amide bonds. The van der Waals surface area contributed by atoms with Crippen LogP contribution >= 0.6 is 11.6 Å². The number of nitrogens with one attached hydrogen (secondary N) is 3. The van der Waals surface area contributed by atoms with E-state index in [9.17, 15) is 14.4 Å². The fourth-order valence-corrected chi connectivity index (χ4v) is 5.31. The quantitative estimate of drug-likeness (QED) is 0.461. The topological polar surface area (TPSA) is 99.8 Å². The van der Waals surface area contributed by atoms with Crippen molar-refractivity contribution in [1.82, 2.24) is 15.5 Å². The lowest BCUT2D eigenvalue weighted by molar-refractivity contribution is -0.145. The fourth-order valence-electron chi connectivity index (χ4n) is 5.11. The minimum Gasteiger partial charge on any atom is -0.448 e. The number of aryl methyl sites for hydroxylation is 1. The van der Waals surface area contributed by atoms with E-state index in [0.717, 1.165) is 37.9 Å². The van der Waals surface area contributed by atoms with Gasteiger partial charge >= 0.3 is 6.09 Å². The summed E-state index contributed by atoms with van der Waals surface area (Å²) in [4.78, 5) is 41.1. The molecule has 38 heavy (non-hydrogen) atoms. The number of hydrogen-bond donors (Lipinski definition) is 3. The van der Waals surface area contributed by atoms with Crippen molar-refractivity contribution in [3.63, 3.8) is 0 Å². The molecule has 0 atom stereocenters. The molecule has 0 unspecified atom stereocenters. The van der Waals surface area contributed by atoms with Crippen LogP contribution in [0.5, 0.6) is 0 Å². The number of carbonyl (C=O) groups is 3. The highest BCUT2D eigenvalue weighted by atomic mass is 35.5. The molecule has 2 aliphatic heterocycles. The summed E-state index contributed by atoms with van der Waals surface area (Å²) in [7, 11) is 0. The molecule has 2 heterocycles. The molecule has 0 spiro atoms. The maximum atomic E-state index is 13.5. The third-order valence-corrected chi connectivity index (χ3v) is 8.06. The van der Waals surface area contributed by atoms with Crippen molar-refractivity contribution in [3.8, 4) is 0 Å². The van der Waals surface area contributed by atoms with Crippen LogP contribution in [-0.2, 0) is 27.3 Å². The van der Waals surface area contributed by atoms with Crippen LogP contribution in [0.15, 0.2) is 48.5 Å². The van der Waals surface area contributed by atoms with Crippen LogP contribution in [0.4, 0.5) is 10.5 Å². The first-order chi connectivity index (χ1) is 18.4.